The van der Waals surface area contributed by atoms with Crippen LogP contribution in [0.15, 0.2) is 158 Å². The molecule has 0 rings (SSSR count). The molecule has 0 aliphatic rings. The fourth-order valence-corrected chi connectivity index (χ4v) is 8.28. The average Bonchev–Trinajstić information content (AvgIpc) is 3.46. The zero-order valence-electron chi connectivity index (χ0n) is 53.3. The summed E-state index contributed by atoms with van der Waals surface area (Å²) in [6.07, 6.45) is 90.6. The van der Waals surface area contributed by atoms with Crippen molar-refractivity contribution in [2.24, 2.45) is 0 Å². The van der Waals surface area contributed by atoms with Gasteiger partial charge in [0.05, 0.1) is 34.4 Å². The van der Waals surface area contributed by atoms with Crippen molar-refractivity contribution < 1.29 is 42.9 Å². The van der Waals surface area contributed by atoms with Crippen molar-refractivity contribution in [3.05, 3.63) is 158 Å². The van der Waals surface area contributed by atoms with Crippen molar-refractivity contribution in [2.45, 2.75) is 245 Å². The predicted octanol–water partition coefficient (Wildman–Crippen LogP) is 20.1. The lowest BCUT2D eigenvalue weighted by atomic mass is 10.1. The maximum atomic E-state index is 12.9. The van der Waals surface area contributed by atoms with Crippen molar-refractivity contribution in [3.8, 4) is 0 Å². The molecular weight excluding hydrogens is 1030 g/mol. The number of carboxylic acids is 1. The third kappa shape index (κ3) is 64.3. The second kappa shape index (κ2) is 62.9. The number of quaternary nitrogens is 1. The Hall–Kier alpha value is -5.09. The number of esters is 2. The minimum Gasteiger partial charge on any atom is -0.477 e. The molecule has 0 amide bonds. The second-order valence-corrected chi connectivity index (χ2v) is 22.3. The molecular formula is C74H120NO8+. The van der Waals surface area contributed by atoms with Crippen LogP contribution in [0, 0.1) is 0 Å². The number of carboxylic acid groups (broad SMARTS) is 1. The van der Waals surface area contributed by atoms with Gasteiger partial charge in [0.15, 0.2) is 6.10 Å². The lowest BCUT2D eigenvalue weighted by Crippen LogP contribution is -2.40. The molecule has 0 aromatic rings. The van der Waals surface area contributed by atoms with Gasteiger partial charge in [0.25, 0.3) is 6.29 Å². The summed E-state index contributed by atoms with van der Waals surface area (Å²) in [5.74, 6) is -2.08. The van der Waals surface area contributed by atoms with E-state index in [0.717, 1.165) is 109 Å². The van der Waals surface area contributed by atoms with E-state index >= 15 is 0 Å². The van der Waals surface area contributed by atoms with E-state index in [2.05, 4.69) is 172 Å². The van der Waals surface area contributed by atoms with Gasteiger partial charge in [-0.3, -0.25) is 9.59 Å². The lowest BCUT2D eigenvalue weighted by molar-refractivity contribution is -0.870. The Balaban J connectivity index is 4.30. The largest absolute Gasteiger partial charge is 0.477 e. The molecule has 1 N–H and O–H groups in total. The van der Waals surface area contributed by atoms with Crippen LogP contribution in [-0.4, -0.2) is 87.4 Å². The smallest absolute Gasteiger partial charge is 0.361 e. The third-order valence-corrected chi connectivity index (χ3v) is 13.3. The lowest BCUT2D eigenvalue weighted by Gasteiger charge is -2.25. The minimum absolute atomic E-state index is 0.171. The molecule has 0 aliphatic carbocycles. The molecule has 0 aromatic heterocycles. The predicted molar refractivity (Wildman–Crippen MR) is 354 cm³/mol. The van der Waals surface area contributed by atoms with Gasteiger partial charge in [0.1, 0.15) is 13.2 Å². The summed E-state index contributed by atoms with van der Waals surface area (Å²) in [6.45, 7) is 4.69. The number of ether oxygens (including phenoxy) is 4. The van der Waals surface area contributed by atoms with Gasteiger partial charge >= 0.3 is 17.9 Å². The topological polar surface area (TPSA) is 108 Å². The van der Waals surface area contributed by atoms with Gasteiger partial charge in [-0.25, -0.2) is 4.79 Å². The molecule has 9 heteroatoms. The highest BCUT2D eigenvalue weighted by Gasteiger charge is 2.25. The molecule has 0 fully saturated rings. The quantitative estimate of drug-likeness (QED) is 0.0211. The summed E-state index contributed by atoms with van der Waals surface area (Å²) in [6, 6.07) is 0. The number of likely N-dealkylation sites (N-methyl/N-ethyl adjacent to an activating group) is 1. The van der Waals surface area contributed by atoms with Crippen LogP contribution in [0.1, 0.15) is 232 Å². The Morgan fingerprint density at radius 2 is 0.687 bits per heavy atom. The fourth-order valence-electron chi connectivity index (χ4n) is 8.28. The third-order valence-electron chi connectivity index (χ3n) is 13.3. The zero-order chi connectivity index (χ0) is 60.5. The van der Waals surface area contributed by atoms with Gasteiger partial charge in [-0.1, -0.05) is 249 Å². The van der Waals surface area contributed by atoms with Crippen molar-refractivity contribution in [1.82, 2.24) is 0 Å². The SMILES string of the molecule is CC/C=C\C/C=C\C/C=C\C/C=C\C/C=C\C/C=C\C/C=C\C/C=C\C/C=C\C/C=C\C/C=C\C/C=C\CCCCC(=O)OC(COC(=O)CCCCCCCCCCC/C=C\CCCCCCCC)COC(OCC[N+](C)(C)C)C(=O)O. The van der Waals surface area contributed by atoms with Crippen LogP contribution in [0.25, 0.3) is 0 Å². The number of rotatable bonds is 58. The average molecular weight is 1150 g/mol. The molecule has 468 valence electrons. The van der Waals surface area contributed by atoms with Crippen LogP contribution in [-0.2, 0) is 33.3 Å². The maximum Gasteiger partial charge on any atom is 0.361 e. The Morgan fingerprint density at radius 1 is 0.373 bits per heavy atom. The van der Waals surface area contributed by atoms with Crippen LogP contribution in [0.3, 0.4) is 0 Å². The number of carbonyl (C=O) groups excluding carboxylic acids is 2. The van der Waals surface area contributed by atoms with Gasteiger partial charge in [-0.2, -0.15) is 0 Å². The monoisotopic (exact) mass is 1150 g/mol. The van der Waals surface area contributed by atoms with Crippen LogP contribution in [0.2, 0.25) is 0 Å². The minimum atomic E-state index is -1.53. The summed E-state index contributed by atoms with van der Waals surface area (Å²) in [4.78, 5) is 37.5. The van der Waals surface area contributed by atoms with E-state index in [1.54, 1.807) is 0 Å². The summed E-state index contributed by atoms with van der Waals surface area (Å²) in [7, 11) is 5.94. The summed E-state index contributed by atoms with van der Waals surface area (Å²) in [5.41, 5.74) is 0. The van der Waals surface area contributed by atoms with E-state index in [9.17, 15) is 19.5 Å². The first-order valence-electron chi connectivity index (χ1n) is 32.6. The van der Waals surface area contributed by atoms with E-state index in [-0.39, 0.29) is 38.6 Å². The van der Waals surface area contributed by atoms with Crippen molar-refractivity contribution >= 4 is 17.9 Å². The first kappa shape index (κ1) is 77.9. The molecule has 2 atom stereocenters. The number of carbonyl (C=O) groups is 3. The van der Waals surface area contributed by atoms with Gasteiger partial charge in [-0.15, -0.1) is 0 Å². The van der Waals surface area contributed by atoms with Crippen LogP contribution in [0.5, 0.6) is 0 Å². The highest BCUT2D eigenvalue weighted by molar-refractivity contribution is 5.71. The molecule has 0 radical (unpaired) electrons. The van der Waals surface area contributed by atoms with E-state index in [1.165, 1.54) is 89.9 Å². The maximum absolute atomic E-state index is 12.9. The highest BCUT2D eigenvalue weighted by Crippen LogP contribution is 2.14. The summed E-state index contributed by atoms with van der Waals surface area (Å²) < 4.78 is 22.8. The van der Waals surface area contributed by atoms with Gasteiger partial charge < -0.3 is 28.5 Å². The first-order chi connectivity index (χ1) is 40.6. The van der Waals surface area contributed by atoms with Crippen molar-refractivity contribution in [3.63, 3.8) is 0 Å². The molecule has 0 saturated carbocycles. The Bertz CT molecular complexity index is 1920. The van der Waals surface area contributed by atoms with Gasteiger partial charge in [0, 0.05) is 12.8 Å². The van der Waals surface area contributed by atoms with E-state index in [1.807, 2.05) is 21.1 Å². The first-order valence-corrected chi connectivity index (χ1v) is 32.6. The van der Waals surface area contributed by atoms with E-state index in [4.69, 9.17) is 18.9 Å². The van der Waals surface area contributed by atoms with Crippen LogP contribution >= 0.6 is 0 Å². The number of nitrogens with zero attached hydrogens (tertiary/aromatic N) is 1. The fraction of sp³-hybridized carbons (Fsp3) is 0.608. The summed E-state index contributed by atoms with van der Waals surface area (Å²) in [5, 5.41) is 9.72. The molecule has 0 aromatic carbocycles. The molecule has 0 bridgehead atoms. The zero-order valence-corrected chi connectivity index (χ0v) is 53.3. The number of aliphatic carboxylic acids is 1. The number of hydrogen-bond acceptors (Lipinski definition) is 7. The Kier molecular flexibility index (Phi) is 59.1. The van der Waals surface area contributed by atoms with Gasteiger partial charge in [0.2, 0.25) is 0 Å². The Labute approximate surface area is 508 Å². The van der Waals surface area contributed by atoms with Crippen LogP contribution in [0.4, 0.5) is 0 Å². The van der Waals surface area contributed by atoms with E-state index < -0.39 is 24.3 Å². The molecule has 0 saturated heterocycles. The summed E-state index contributed by atoms with van der Waals surface area (Å²) >= 11 is 0. The van der Waals surface area contributed by atoms with Gasteiger partial charge in [-0.05, 0) is 128 Å². The molecule has 0 heterocycles. The number of allylic oxidation sites excluding steroid dienone is 26. The molecule has 2 unspecified atom stereocenters. The Morgan fingerprint density at radius 3 is 1.06 bits per heavy atom. The molecule has 0 spiro atoms. The number of hydrogen-bond donors (Lipinski definition) is 1. The standard InChI is InChI=1S/C74H119NO8/c1-6-8-10-12-14-16-18-20-22-24-26-27-28-29-30-31-32-33-34-35-36-37-38-39-40-41-42-43-44-45-47-49-51-53-55-57-59-61-63-65-72(77)83-70(69-82-74(73(78)79)80-67-66-75(3,4)5)68-81-71(76)64-62-60-58-56-54-52-50-48-46-25-23-21-19-17-15-13-11-9-7-2/h8,10,14,16,20-23,26-27,29-30,32-33,35-36,38-39,41-42,44-45,49,51,55,57,70,74H,6-7,9,11-13,15,17-19,24-25,28,31,34,37,40,43,46-48,50,52-54,56,58-69H2,1-5H3/p+1/b10-8-,16-14-,22-20-,23-21-,27-26-,30-29-,33-32-,36-35-,39-38-,42-41-,45-44-,51-49-,57-55-. The number of unbranched alkanes of at least 4 members (excludes halogenated alkanes) is 17. The molecule has 9 nitrogen and oxygen atoms in total. The van der Waals surface area contributed by atoms with E-state index in [0.29, 0.717) is 17.4 Å². The van der Waals surface area contributed by atoms with Crippen LogP contribution < -0.4 is 0 Å². The van der Waals surface area contributed by atoms with Crippen molar-refractivity contribution in [2.75, 3.05) is 47.5 Å². The molecule has 83 heavy (non-hydrogen) atoms. The highest BCUT2D eigenvalue weighted by atomic mass is 16.7. The normalized spacial score (nSPS) is 13.8. The van der Waals surface area contributed by atoms with Crippen molar-refractivity contribution in [1.29, 1.82) is 0 Å². The molecule has 0 aliphatic heterocycles. The second-order valence-electron chi connectivity index (χ2n) is 22.3.